The number of rotatable bonds is 6. The van der Waals surface area contributed by atoms with E-state index in [2.05, 4.69) is 10.2 Å². The van der Waals surface area contributed by atoms with Crippen LogP contribution in [-0.2, 0) is 6.42 Å². The summed E-state index contributed by atoms with van der Waals surface area (Å²) in [6, 6.07) is 18.6. The number of amides is 1. The summed E-state index contributed by atoms with van der Waals surface area (Å²) < 4.78 is 13.2. The summed E-state index contributed by atoms with van der Waals surface area (Å²) in [5, 5.41) is 3.56. The Morgan fingerprint density at radius 1 is 1.00 bits per heavy atom. The molecule has 1 saturated heterocycles. The van der Waals surface area contributed by atoms with E-state index in [0.717, 1.165) is 37.2 Å². The summed E-state index contributed by atoms with van der Waals surface area (Å²) in [5.74, 6) is -0.500. The standard InChI is InChI=1S/C27H26ClFN2O2/c1-2-23-24(27(33)30-22-12-8-20(28)9-13-22)4-3-5-25(23)31-16-14-19(15-17-31)26(32)18-6-10-21(29)11-7-18/h3-13,19H,2,14-17H2,1H3,(H,30,33). The first kappa shape index (κ1) is 23.0. The number of nitrogens with zero attached hydrogens (tertiary/aromatic N) is 1. The van der Waals surface area contributed by atoms with Gasteiger partial charge in [-0.1, -0.05) is 24.6 Å². The van der Waals surface area contributed by atoms with Crippen LogP contribution >= 0.6 is 11.6 Å². The summed E-state index contributed by atoms with van der Waals surface area (Å²) >= 11 is 5.94. The quantitative estimate of drug-likeness (QED) is 0.430. The predicted octanol–water partition coefficient (Wildman–Crippen LogP) is 6.39. The van der Waals surface area contributed by atoms with Crippen molar-refractivity contribution >= 4 is 34.7 Å². The minimum absolute atomic E-state index is 0.0708. The van der Waals surface area contributed by atoms with Gasteiger partial charge in [-0.3, -0.25) is 9.59 Å². The Morgan fingerprint density at radius 3 is 2.30 bits per heavy atom. The van der Waals surface area contributed by atoms with Crippen molar-refractivity contribution in [1.29, 1.82) is 0 Å². The van der Waals surface area contributed by atoms with Crippen molar-refractivity contribution < 1.29 is 14.0 Å². The zero-order valence-corrected chi connectivity index (χ0v) is 19.2. The highest BCUT2D eigenvalue weighted by molar-refractivity contribution is 6.30. The fourth-order valence-corrected chi connectivity index (χ4v) is 4.55. The molecule has 0 aliphatic carbocycles. The summed E-state index contributed by atoms with van der Waals surface area (Å²) in [6.07, 6.45) is 2.16. The number of carbonyl (C=O) groups is 2. The Labute approximate surface area is 198 Å². The average Bonchev–Trinajstić information content (AvgIpc) is 2.85. The highest BCUT2D eigenvalue weighted by Gasteiger charge is 2.27. The topological polar surface area (TPSA) is 49.4 Å². The van der Waals surface area contributed by atoms with Gasteiger partial charge in [-0.2, -0.15) is 0 Å². The SMILES string of the molecule is CCc1c(C(=O)Nc2ccc(Cl)cc2)cccc1N1CCC(C(=O)c2ccc(F)cc2)CC1. The van der Waals surface area contributed by atoms with Crippen LogP contribution in [0.4, 0.5) is 15.8 Å². The van der Waals surface area contributed by atoms with Gasteiger partial charge in [0.1, 0.15) is 5.82 Å². The zero-order chi connectivity index (χ0) is 23.4. The van der Waals surface area contributed by atoms with E-state index >= 15 is 0 Å². The number of anilines is 2. The third kappa shape index (κ3) is 5.25. The lowest BCUT2D eigenvalue weighted by Gasteiger charge is -2.34. The number of hydrogen-bond donors (Lipinski definition) is 1. The van der Waals surface area contributed by atoms with Crippen molar-refractivity contribution in [1.82, 2.24) is 0 Å². The summed E-state index contributed by atoms with van der Waals surface area (Å²) in [5.41, 5.74) is 3.93. The van der Waals surface area contributed by atoms with Gasteiger partial charge in [0.15, 0.2) is 5.78 Å². The van der Waals surface area contributed by atoms with Crippen LogP contribution in [0, 0.1) is 11.7 Å². The smallest absolute Gasteiger partial charge is 0.256 e. The summed E-state index contributed by atoms with van der Waals surface area (Å²) in [6.45, 7) is 3.50. The molecule has 1 N–H and O–H groups in total. The molecule has 1 heterocycles. The third-order valence-corrected chi connectivity index (χ3v) is 6.44. The lowest BCUT2D eigenvalue weighted by atomic mass is 9.88. The molecule has 3 aromatic carbocycles. The van der Waals surface area contributed by atoms with E-state index < -0.39 is 0 Å². The maximum atomic E-state index is 13.2. The molecule has 0 saturated carbocycles. The van der Waals surface area contributed by atoms with Crippen molar-refractivity contribution in [3.8, 4) is 0 Å². The van der Waals surface area contributed by atoms with Gasteiger partial charge in [0.2, 0.25) is 0 Å². The fourth-order valence-electron chi connectivity index (χ4n) is 4.42. The maximum Gasteiger partial charge on any atom is 0.256 e. The van der Waals surface area contributed by atoms with Gasteiger partial charge in [0.05, 0.1) is 0 Å². The first-order chi connectivity index (χ1) is 16.0. The largest absolute Gasteiger partial charge is 0.371 e. The van der Waals surface area contributed by atoms with E-state index in [9.17, 15) is 14.0 Å². The molecule has 33 heavy (non-hydrogen) atoms. The van der Waals surface area contributed by atoms with Crippen molar-refractivity contribution in [2.45, 2.75) is 26.2 Å². The van der Waals surface area contributed by atoms with Crippen molar-refractivity contribution in [3.63, 3.8) is 0 Å². The molecule has 0 spiro atoms. The third-order valence-electron chi connectivity index (χ3n) is 6.19. The van der Waals surface area contributed by atoms with Crippen LogP contribution < -0.4 is 10.2 Å². The number of hydrogen-bond acceptors (Lipinski definition) is 3. The number of nitrogens with one attached hydrogen (secondary N) is 1. The minimum Gasteiger partial charge on any atom is -0.371 e. The summed E-state index contributed by atoms with van der Waals surface area (Å²) in [7, 11) is 0. The molecule has 0 unspecified atom stereocenters. The van der Waals surface area contributed by atoms with Crippen LogP contribution in [0.3, 0.4) is 0 Å². The lowest BCUT2D eigenvalue weighted by Crippen LogP contribution is -2.37. The van der Waals surface area contributed by atoms with E-state index in [4.69, 9.17) is 11.6 Å². The molecule has 0 radical (unpaired) electrons. The molecule has 4 nitrogen and oxygen atoms in total. The number of piperidine rings is 1. The highest BCUT2D eigenvalue weighted by Crippen LogP contribution is 2.31. The van der Waals surface area contributed by atoms with Crippen LogP contribution in [0.1, 0.15) is 46.0 Å². The lowest BCUT2D eigenvalue weighted by molar-refractivity contribution is 0.0900. The minimum atomic E-state index is -0.339. The molecular weight excluding hydrogens is 439 g/mol. The second-order valence-electron chi connectivity index (χ2n) is 8.25. The van der Waals surface area contributed by atoms with Gasteiger partial charge in [0.25, 0.3) is 5.91 Å². The molecule has 0 aromatic heterocycles. The molecule has 1 aliphatic heterocycles. The predicted molar refractivity (Wildman–Crippen MR) is 131 cm³/mol. The van der Waals surface area contributed by atoms with E-state index in [1.165, 1.54) is 12.1 Å². The van der Waals surface area contributed by atoms with Gasteiger partial charge in [-0.05, 0) is 85.5 Å². The average molecular weight is 465 g/mol. The maximum absolute atomic E-state index is 13.2. The number of ketones is 1. The number of halogens is 2. The van der Waals surface area contributed by atoms with E-state index in [1.807, 2.05) is 25.1 Å². The monoisotopic (exact) mass is 464 g/mol. The van der Waals surface area contributed by atoms with Crippen LogP contribution in [0.15, 0.2) is 66.7 Å². The van der Waals surface area contributed by atoms with Crippen LogP contribution in [0.2, 0.25) is 5.02 Å². The zero-order valence-electron chi connectivity index (χ0n) is 18.5. The fraction of sp³-hybridized carbons (Fsp3) is 0.259. The van der Waals surface area contributed by atoms with E-state index in [1.54, 1.807) is 36.4 Å². The normalized spacial score (nSPS) is 14.2. The van der Waals surface area contributed by atoms with Gasteiger partial charge in [0, 0.05) is 46.5 Å². The second-order valence-corrected chi connectivity index (χ2v) is 8.69. The molecule has 0 atom stereocenters. The Balaban J connectivity index is 1.47. The molecule has 1 amide bonds. The van der Waals surface area contributed by atoms with Crippen LogP contribution in [0.25, 0.3) is 0 Å². The highest BCUT2D eigenvalue weighted by atomic mass is 35.5. The Kier molecular flexibility index (Phi) is 7.09. The van der Waals surface area contributed by atoms with Crippen molar-refractivity contribution in [2.24, 2.45) is 5.92 Å². The molecule has 6 heteroatoms. The van der Waals surface area contributed by atoms with Crippen LogP contribution in [-0.4, -0.2) is 24.8 Å². The summed E-state index contributed by atoms with van der Waals surface area (Å²) in [4.78, 5) is 28.1. The van der Waals surface area contributed by atoms with Gasteiger partial charge < -0.3 is 10.2 Å². The number of carbonyl (C=O) groups excluding carboxylic acids is 2. The van der Waals surface area contributed by atoms with E-state index in [-0.39, 0.29) is 23.4 Å². The van der Waals surface area contributed by atoms with Crippen molar-refractivity contribution in [3.05, 3.63) is 94.3 Å². The Bertz CT molecular complexity index is 1140. The molecule has 1 fully saturated rings. The first-order valence-corrected chi connectivity index (χ1v) is 11.6. The molecular formula is C27H26ClFN2O2. The second kappa shape index (κ2) is 10.2. The number of Topliss-reactive ketones (excluding diaryl/α,β-unsaturated/α-hetero) is 1. The molecule has 1 aliphatic rings. The first-order valence-electron chi connectivity index (χ1n) is 11.2. The molecule has 170 valence electrons. The van der Waals surface area contributed by atoms with E-state index in [0.29, 0.717) is 28.3 Å². The number of benzene rings is 3. The van der Waals surface area contributed by atoms with Gasteiger partial charge in [-0.25, -0.2) is 4.39 Å². The molecule has 0 bridgehead atoms. The molecule has 3 aromatic rings. The molecule has 4 rings (SSSR count). The van der Waals surface area contributed by atoms with Crippen LogP contribution in [0.5, 0.6) is 0 Å². The van der Waals surface area contributed by atoms with Gasteiger partial charge in [-0.15, -0.1) is 0 Å². The van der Waals surface area contributed by atoms with Gasteiger partial charge >= 0.3 is 0 Å². The Hall–Kier alpha value is -3.18. The van der Waals surface area contributed by atoms with Crippen molar-refractivity contribution in [2.75, 3.05) is 23.3 Å². The Morgan fingerprint density at radius 2 is 1.67 bits per heavy atom.